The molecule has 1 N–H and O–H groups in total. The number of aromatic amines is 1. The molecular weight excluding hydrogens is 192 g/mol. The lowest BCUT2D eigenvalue weighted by molar-refractivity contribution is 0.868. The zero-order valence-electron chi connectivity index (χ0n) is 8.24. The Morgan fingerprint density at radius 3 is 2.64 bits per heavy atom. The number of H-pyrrole nitrogens is 1. The Morgan fingerprint density at radius 1 is 1.21 bits per heavy atom. The van der Waals surface area contributed by atoms with Gasteiger partial charge in [0.25, 0.3) is 0 Å². The summed E-state index contributed by atoms with van der Waals surface area (Å²) >= 11 is 4.96. The van der Waals surface area contributed by atoms with E-state index in [4.69, 9.17) is 12.2 Å². The van der Waals surface area contributed by atoms with Crippen molar-refractivity contribution in [3.05, 3.63) is 34.6 Å². The minimum atomic E-state index is 0.537. The molecule has 0 aromatic carbocycles. The molecule has 1 heterocycles. The largest absolute Gasteiger partial charge is 0.329 e. The van der Waals surface area contributed by atoms with Gasteiger partial charge in [0.15, 0.2) is 4.77 Å². The van der Waals surface area contributed by atoms with Crippen molar-refractivity contribution in [2.24, 2.45) is 0 Å². The van der Waals surface area contributed by atoms with E-state index in [0.717, 1.165) is 11.4 Å². The maximum absolute atomic E-state index is 4.96. The van der Waals surface area contributed by atoms with E-state index < -0.39 is 0 Å². The summed E-state index contributed by atoms with van der Waals surface area (Å²) in [7, 11) is 0. The Bertz CT molecular complexity index is 436. The molecule has 0 fully saturated rings. The number of aromatic nitrogens is 2. The van der Waals surface area contributed by atoms with Gasteiger partial charge in [0.2, 0.25) is 0 Å². The Morgan fingerprint density at radius 2 is 1.93 bits per heavy atom. The highest BCUT2D eigenvalue weighted by molar-refractivity contribution is 7.71. The predicted molar refractivity (Wildman–Crippen MR) is 60.1 cm³/mol. The number of imidazole rings is 1. The topological polar surface area (TPSA) is 28.7 Å². The molecule has 0 saturated heterocycles. The normalized spacial score (nSPS) is 11.1. The van der Waals surface area contributed by atoms with Gasteiger partial charge in [0.05, 0.1) is 11.4 Å². The van der Waals surface area contributed by atoms with Crippen LogP contribution < -0.4 is 0 Å². The van der Waals surface area contributed by atoms with Gasteiger partial charge in [0.1, 0.15) is 0 Å². The number of hydrogen-bond donors (Lipinski definition) is 1. The van der Waals surface area contributed by atoms with Crippen LogP contribution in [0, 0.1) is 4.77 Å². The molecule has 0 aromatic rings. The van der Waals surface area contributed by atoms with Crippen LogP contribution in [0.4, 0.5) is 0 Å². The molecule has 0 saturated carbocycles. The monoisotopic (exact) mass is 204 g/mol. The van der Waals surface area contributed by atoms with E-state index in [2.05, 4.69) is 35.9 Å². The summed E-state index contributed by atoms with van der Waals surface area (Å²) in [6.45, 7) is 4.35. The summed E-state index contributed by atoms with van der Waals surface area (Å²) < 4.78 is 0.553. The molecular formula is C11H12N2S. The second-order valence-corrected chi connectivity index (χ2v) is 4.05. The smallest absolute Gasteiger partial charge is 0.197 e. The Labute approximate surface area is 88.4 Å². The number of nitrogens with zero attached hydrogens (tertiary/aromatic N) is 1. The molecule has 72 valence electrons. The summed E-state index contributed by atoms with van der Waals surface area (Å²) in [6, 6.07) is 8.26. The molecule has 0 atom stereocenters. The predicted octanol–water partition coefficient (Wildman–Crippen LogP) is 3.37. The number of rotatable bonds is 1. The van der Waals surface area contributed by atoms with Crippen molar-refractivity contribution >= 4 is 12.2 Å². The van der Waals surface area contributed by atoms with Crippen LogP contribution in [0.15, 0.2) is 24.3 Å². The van der Waals surface area contributed by atoms with Crippen molar-refractivity contribution in [3.63, 3.8) is 0 Å². The van der Waals surface area contributed by atoms with Crippen LogP contribution >= 0.6 is 12.2 Å². The molecule has 0 unspecified atom stereocenters. The van der Waals surface area contributed by atoms with Gasteiger partial charge in [-0.05, 0) is 35.8 Å². The van der Waals surface area contributed by atoms with Crippen LogP contribution in [-0.2, 0) is 0 Å². The molecule has 0 amide bonds. The summed E-state index contributed by atoms with van der Waals surface area (Å²) in [6.07, 6.45) is 0. The van der Waals surface area contributed by atoms with E-state index in [1.54, 1.807) is 0 Å². The van der Waals surface area contributed by atoms with Crippen LogP contribution in [0.25, 0.3) is 11.4 Å². The van der Waals surface area contributed by atoms with Crippen LogP contribution in [0.5, 0.6) is 0 Å². The van der Waals surface area contributed by atoms with E-state index >= 15 is 0 Å². The van der Waals surface area contributed by atoms with Gasteiger partial charge in [-0.15, -0.1) is 0 Å². The van der Waals surface area contributed by atoms with Crippen LogP contribution in [0.2, 0.25) is 0 Å². The standard InChI is InChI=1S/C11H12N2S/c1-7(2)8-3-5-9-10(6-4-8)13-11(14)12-9/h3-7H,1-2H3,(H,12,13,14). The highest BCUT2D eigenvalue weighted by Gasteiger charge is 2.04. The van der Waals surface area contributed by atoms with E-state index in [1.165, 1.54) is 5.56 Å². The van der Waals surface area contributed by atoms with Crippen LogP contribution in [0.1, 0.15) is 25.3 Å². The second-order valence-electron chi connectivity index (χ2n) is 3.66. The summed E-state index contributed by atoms with van der Waals surface area (Å²) in [5.41, 5.74) is 3.24. The first-order valence-corrected chi connectivity index (χ1v) is 5.07. The minimum absolute atomic E-state index is 0.537. The third kappa shape index (κ3) is 1.68. The maximum atomic E-state index is 4.96. The zero-order chi connectivity index (χ0) is 10.1. The molecule has 0 aromatic heterocycles. The molecule has 2 nitrogen and oxygen atoms in total. The number of nitrogens with one attached hydrogen (secondary N) is 1. The van der Waals surface area contributed by atoms with Crippen molar-refractivity contribution < 1.29 is 0 Å². The Kier molecular flexibility index (Phi) is 2.33. The quantitative estimate of drug-likeness (QED) is 0.721. The SMILES string of the molecule is CC(C)c1ccc2nc(=S)[nH]c-2cc1. The lowest BCUT2D eigenvalue weighted by Crippen LogP contribution is -1.81. The highest BCUT2D eigenvalue weighted by Crippen LogP contribution is 2.20. The van der Waals surface area contributed by atoms with Gasteiger partial charge in [-0.3, -0.25) is 0 Å². The fourth-order valence-electron chi connectivity index (χ4n) is 1.43. The Hall–Kier alpha value is -1.22. The third-order valence-corrected chi connectivity index (χ3v) is 2.48. The van der Waals surface area contributed by atoms with Gasteiger partial charge in [-0.1, -0.05) is 26.0 Å². The maximum Gasteiger partial charge on any atom is 0.197 e. The van der Waals surface area contributed by atoms with Crippen molar-refractivity contribution in [1.29, 1.82) is 0 Å². The fourth-order valence-corrected chi connectivity index (χ4v) is 1.63. The Balaban J connectivity index is 2.61. The fraction of sp³-hybridized carbons (Fsp3) is 0.273. The average molecular weight is 204 g/mol. The van der Waals surface area contributed by atoms with Crippen molar-refractivity contribution in [2.45, 2.75) is 19.8 Å². The van der Waals surface area contributed by atoms with E-state index in [9.17, 15) is 0 Å². The lowest BCUT2D eigenvalue weighted by atomic mass is 10.1. The molecule has 0 bridgehead atoms. The zero-order valence-corrected chi connectivity index (χ0v) is 9.06. The minimum Gasteiger partial charge on any atom is -0.329 e. The van der Waals surface area contributed by atoms with Gasteiger partial charge >= 0.3 is 0 Å². The molecule has 3 heteroatoms. The number of fused-ring (bicyclic) bond motifs is 1. The summed E-state index contributed by atoms with van der Waals surface area (Å²) in [5, 5.41) is 0. The van der Waals surface area contributed by atoms with Crippen molar-refractivity contribution in [2.75, 3.05) is 0 Å². The van der Waals surface area contributed by atoms with Gasteiger partial charge in [0, 0.05) is 0 Å². The van der Waals surface area contributed by atoms with Crippen molar-refractivity contribution in [3.8, 4) is 11.4 Å². The molecule has 0 spiro atoms. The lowest BCUT2D eigenvalue weighted by Gasteiger charge is -1.99. The first kappa shape index (κ1) is 9.34. The first-order chi connectivity index (χ1) is 6.66. The molecule has 0 radical (unpaired) electrons. The summed E-state index contributed by atoms with van der Waals surface area (Å²) in [5.74, 6) is 0.537. The number of hydrogen-bond acceptors (Lipinski definition) is 2. The summed E-state index contributed by atoms with van der Waals surface area (Å²) in [4.78, 5) is 7.26. The molecule has 1 aliphatic carbocycles. The van der Waals surface area contributed by atoms with Gasteiger partial charge in [-0.25, -0.2) is 4.98 Å². The van der Waals surface area contributed by atoms with Crippen LogP contribution in [-0.4, -0.2) is 9.97 Å². The highest BCUT2D eigenvalue weighted by atomic mass is 32.1. The van der Waals surface area contributed by atoms with Gasteiger partial charge in [-0.2, -0.15) is 0 Å². The molecule has 1 aliphatic heterocycles. The third-order valence-electron chi connectivity index (χ3n) is 2.28. The van der Waals surface area contributed by atoms with E-state index in [0.29, 0.717) is 10.7 Å². The molecule has 2 rings (SSSR count). The first-order valence-electron chi connectivity index (χ1n) is 4.67. The molecule has 14 heavy (non-hydrogen) atoms. The van der Waals surface area contributed by atoms with Gasteiger partial charge < -0.3 is 4.98 Å². The van der Waals surface area contributed by atoms with Crippen LogP contribution in [0.3, 0.4) is 0 Å². The molecule has 2 aliphatic rings. The second kappa shape index (κ2) is 3.50. The van der Waals surface area contributed by atoms with E-state index in [1.807, 2.05) is 12.1 Å². The van der Waals surface area contributed by atoms with Crippen molar-refractivity contribution in [1.82, 2.24) is 9.97 Å². The van der Waals surface area contributed by atoms with E-state index in [-0.39, 0.29) is 0 Å². The average Bonchev–Trinajstić information content (AvgIpc) is 2.34.